The van der Waals surface area contributed by atoms with E-state index in [0.29, 0.717) is 5.02 Å². The van der Waals surface area contributed by atoms with Gasteiger partial charge < -0.3 is 15.2 Å². The minimum Gasteiger partial charge on any atom is -0.457 e. The van der Waals surface area contributed by atoms with Crippen LogP contribution in [0.5, 0.6) is 11.5 Å². The molecular formula is C17H20ClNO2. The Morgan fingerprint density at radius 2 is 1.90 bits per heavy atom. The second-order valence-electron chi connectivity index (χ2n) is 4.83. The van der Waals surface area contributed by atoms with Crippen LogP contribution in [-0.4, -0.2) is 11.7 Å². The average Bonchev–Trinajstić information content (AvgIpc) is 2.51. The van der Waals surface area contributed by atoms with Gasteiger partial charge in [0.2, 0.25) is 0 Å². The molecule has 21 heavy (non-hydrogen) atoms. The lowest BCUT2D eigenvalue weighted by Crippen LogP contribution is -2.14. The van der Waals surface area contributed by atoms with E-state index in [1.807, 2.05) is 42.5 Å². The summed E-state index contributed by atoms with van der Waals surface area (Å²) in [6, 6.07) is 13.0. The Hall–Kier alpha value is -1.55. The first kappa shape index (κ1) is 15.8. The summed E-state index contributed by atoms with van der Waals surface area (Å²) in [5.41, 5.74) is 1.89. The Balaban J connectivity index is 2.13. The van der Waals surface area contributed by atoms with Gasteiger partial charge in [0.05, 0.1) is 6.61 Å². The van der Waals surface area contributed by atoms with Gasteiger partial charge in [0, 0.05) is 17.1 Å². The molecule has 0 aliphatic heterocycles. The van der Waals surface area contributed by atoms with Crippen LogP contribution in [0.1, 0.15) is 24.5 Å². The van der Waals surface area contributed by atoms with Gasteiger partial charge in [-0.25, -0.2) is 0 Å². The molecule has 0 fully saturated rings. The van der Waals surface area contributed by atoms with Gasteiger partial charge >= 0.3 is 0 Å². The van der Waals surface area contributed by atoms with Crippen LogP contribution in [-0.2, 0) is 13.2 Å². The smallest absolute Gasteiger partial charge is 0.132 e. The van der Waals surface area contributed by atoms with E-state index in [1.165, 1.54) is 0 Å². The van der Waals surface area contributed by atoms with Gasteiger partial charge in [-0.2, -0.15) is 0 Å². The zero-order valence-electron chi connectivity index (χ0n) is 12.1. The Morgan fingerprint density at radius 1 is 1.14 bits per heavy atom. The van der Waals surface area contributed by atoms with Crippen LogP contribution >= 0.6 is 11.6 Å². The molecule has 0 heterocycles. The van der Waals surface area contributed by atoms with E-state index >= 15 is 0 Å². The molecule has 0 aromatic heterocycles. The predicted octanol–water partition coefficient (Wildman–Crippen LogP) is 4.12. The fourth-order valence-corrected chi connectivity index (χ4v) is 2.17. The number of hydrogen-bond donors (Lipinski definition) is 2. The third-order valence-electron chi connectivity index (χ3n) is 3.10. The second-order valence-corrected chi connectivity index (χ2v) is 5.27. The highest BCUT2D eigenvalue weighted by Gasteiger charge is 2.06. The first-order valence-corrected chi connectivity index (χ1v) is 7.47. The van der Waals surface area contributed by atoms with E-state index < -0.39 is 0 Å². The highest BCUT2D eigenvalue weighted by atomic mass is 35.5. The summed E-state index contributed by atoms with van der Waals surface area (Å²) < 4.78 is 5.91. The maximum Gasteiger partial charge on any atom is 0.132 e. The number of hydrogen-bond acceptors (Lipinski definition) is 3. The van der Waals surface area contributed by atoms with Crippen LogP contribution in [0.4, 0.5) is 0 Å². The van der Waals surface area contributed by atoms with E-state index in [-0.39, 0.29) is 6.61 Å². The maximum absolute atomic E-state index is 9.05. The standard InChI is InChI=1S/C17H20ClNO2/c1-2-9-19-11-14-10-15(18)5-8-17(14)21-16-6-3-13(12-20)4-7-16/h3-8,10,19-20H,2,9,11-12H2,1H3. The molecule has 0 amide bonds. The fraction of sp³-hybridized carbons (Fsp3) is 0.294. The lowest BCUT2D eigenvalue weighted by molar-refractivity contribution is 0.281. The quantitative estimate of drug-likeness (QED) is 0.756. The Labute approximate surface area is 130 Å². The average molecular weight is 306 g/mol. The third kappa shape index (κ3) is 4.74. The lowest BCUT2D eigenvalue weighted by Gasteiger charge is -2.12. The zero-order valence-corrected chi connectivity index (χ0v) is 12.9. The normalized spacial score (nSPS) is 10.6. The fourth-order valence-electron chi connectivity index (χ4n) is 1.98. The number of benzene rings is 2. The van der Waals surface area contributed by atoms with Crippen LogP contribution in [0.2, 0.25) is 5.02 Å². The molecule has 3 nitrogen and oxygen atoms in total. The third-order valence-corrected chi connectivity index (χ3v) is 3.33. The topological polar surface area (TPSA) is 41.5 Å². The summed E-state index contributed by atoms with van der Waals surface area (Å²) in [5.74, 6) is 1.53. The summed E-state index contributed by atoms with van der Waals surface area (Å²) in [7, 11) is 0. The number of nitrogens with one attached hydrogen (secondary N) is 1. The van der Waals surface area contributed by atoms with Crippen molar-refractivity contribution in [2.75, 3.05) is 6.54 Å². The zero-order chi connectivity index (χ0) is 15.1. The van der Waals surface area contributed by atoms with Crippen molar-refractivity contribution < 1.29 is 9.84 Å². The molecule has 0 saturated carbocycles. The van der Waals surface area contributed by atoms with Crippen molar-refractivity contribution in [2.24, 2.45) is 0 Å². The van der Waals surface area contributed by atoms with Crippen LogP contribution in [0.15, 0.2) is 42.5 Å². The molecule has 0 aliphatic carbocycles. The van der Waals surface area contributed by atoms with Gasteiger partial charge in [0.25, 0.3) is 0 Å². The molecule has 2 aromatic rings. The van der Waals surface area contributed by atoms with E-state index in [2.05, 4.69) is 12.2 Å². The van der Waals surface area contributed by atoms with Crippen molar-refractivity contribution >= 4 is 11.6 Å². The van der Waals surface area contributed by atoms with Crippen LogP contribution in [0.25, 0.3) is 0 Å². The van der Waals surface area contributed by atoms with Crippen molar-refractivity contribution in [2.45, 2.75) is 26.5 Å². The van der Waals surface area contributed by atoms with E-state index in [9.17, 15) is 0 Å². The molecule has 0 spiro atoms. The SMILES string of the molecule is CCCNCc1cc(Cl)ccc1Oc1ccc(CO)cc1. The second kappa shape index (κ2) is 8.03. The van der Waals surface area contributed by atoms with Crippen molar-refractivity contribution in [3.05, 3.63) is 58.6 Å². The Morgan fingerprint density at radius 3 is 2.57 bits per heavy atom. The number of aliphatic hydroxyl groups is 1. The van der Waals surface area contributed by atoms with Gasteiger partial charge in [-0.1, -0.05) is 30.7 Å². The number of halogens is 1. The summed E-state index contributed by atoms with van der Waals surface area (Å²) in [4.78, 5) is 0. The van der Waals surface area contributed by atoms with E-state index in [1.54, 1.807) is 0 Å². The molecule has 2 N–H and O–H groups in total. The molecule has 2 rings (SSSR count). The van der Waals surface area contributed by atoms with Crippen molar-refractivity contribution in [1.29, 1.82) is 0 Å². The number of rotatable bonds is 7. The number of aliphatic hydroxyl groups excluding tert-OH is 1. The first-order chi connectivity index (χ1) is 10.2. The first-order valence-electron chi connectivity index (χ1n) is 7.09. The van der Waals surface area contributed by atoms with Gasteiger partial charge in [-0.05, 0) is 48.9 Å². The molecule has 0 atom stereocenters. The maximum atomic E-state index is 9.05. The molecule has 0 bridgehead atoms. The largest absolute Gasteiger partial charge is 0.457 e. The minimum atomic E-state index is 0.0351. The summed E-state index contributed by atoms with van der Waals surface area (Å²) >= 11 is 6.06. The van der Waals surface area contributed by atoms with Gasteiger partial charge in [-0.3, -0.25) is 0 Å². The van der Waals surface area contributed by atoms with Crippen molar-refractivity contribution in [3.63, 3.8) is 0 Å². The van der Waals surface area contributed by atoms with E-state index in [0.717, 1.165) is 42.1 Å². The van der Waals surface area contributed by atoms with Gasteiger partial charge in [-0.15, -0.1) is 0 Å². The minimum absolute atomic E-state index is 0.0351. The van der Waals surface area contributed by atoms with Gasteiger partial charge in [0.1, 0.15) is 11.5 Å². The summed E-state index contributed by atoms with van der Waals surface area (Å²) in [5, 5.41) is 13.1. The van der Waals surface area contributed by atoms with E-state index in [4.69, 9.17) is 21.4 Å². The molecule has 0 aliphatic rings. The molecular weight excluding hydrogens is 286 g/mol. The highest BCUT2D eigenvalue weighted by molar-refractivity contribution is 6.30. The van der Waals surface area contributed by atoms with Crippen molar-refractivity contribution in [3.8, 4) is 11.5 Å². The molecule has 2 aromatic carbocycles. The Kier molecular flexibility index (Phi) is 6.05. The monoisotopic (exact) mass is 305 g/mol. The van der Waals surface area contributed by atoms with Crippen LogP contribution in [0, 0.1) is 0 Å². The Bertz CT molecular complexity index is 570. The molecule has 0 saturated heterocycles. The molecule has 4 heteroatoms. The molecule has 0 radical (unpaired) electrons. The molecule has 112 valence electrons. The van der Waals surface area contributed by atoms with Crippen LogP contribution in [0.3, 0.4) is 0 Å². The highest BCUT2D eigenvalue weighted by Crippen LogP contribution is 2.28. The number of ether oxygens (including phenoxy) is 1. The van der Waals surface area contributed by atoms with Crippen molar-refractivity contribution in [1.82, 2.24) is 5.32 Å². The predicted molar refractivity (Wildman–Crippen MR) is 85.9 cm³/mol. The van der Waals surface area contributed by atoms with Gasteiger partial charge in [0.15, 0.2) is 0 Å². The summed E-state index contributed by atoms with van der Waals surface area (Å²) in [6.45, 7) is 3.84. The molecule has 0 unspecified atom stereocenters. The summed E-state index contributed by atoms with van der Waals surface area (Å²) in [6.07, 6.45) is 1.08. The lowest BCUT2D eigenvalue weighted by atomic mass is 10.2. The van der Waals surface area contributed by atoms with Crippen LogP contribution < -0.4 is 10.1 Å².